The normalized spacial score (nSPS) is 11.2. The molecule has 7 heteroatoms. The van der Waals surface area contributed by atoms with Gasteiger partial charge in [-0.3, -0.25) is 4.31 Å². The molecular weight excluding hydrogens is 342 g/mol. The van der Waals surface area contributed by atoms with Crippen molar-refractivity contribution in [1.29, 1.82) is 0 Å². The molecule has 0 heterocycles. The number of carboxylic acid groups (broad SMARTS) is 1. The van der Waals surface area contributed by atoms with E-state index in [0.717, 1.165) is 9.87 Å². The summed E-state index contributed by atoms with van der Waals surface area (Å²) in [6.45, 7) is 3.37. The Hall–Kier alpha value is -2.54. The summed E-state index contributed by atoms with van der Waals surface area (Å²) in [5.74, 6) is -0.734. The molecule has 0 unspecified atom stereocenters. The molecule has 2 aromatic carbocycles. The summed E-state index contributed by atoms with van der Waals surface area (Å²) in [5, 5.41) is 10.9. The van der Waals surface area contributed by atoms with Crippen LogP contribution in [-0.4, -0.2) is 28.0 Å². The number of hydrogen-bond acceptors (Lipinski definition) is 5. The van der Waals surface area contributed by atoms with Gasteiger partial charge in [-0.15, -0.1) is 0 Å². The van der Waals surface area contributed by atoms with Crippen molar-refractivity contribution >= 4 is 21.7 Å². The Morgan fingerprint density at radius 3 is 2.28 bits per heavy atom. The fourth-order valence-corrected chi connectivity index (χ4v) is 4.21. The lowest BCUT2D eigenvalue weighted by molar-refractivity contribution is -0.305. The number of nitrogens with zero attached hydrogens (tertiary/aromatic N) is 1. The SMILES string of the molecule is COc1ccc(N(CCC(=O)[O-])S(=O)(=O)c2ccc(C)cc2C)cc1. The van der Waals surface area contributed by atoms with Gasteiger partial charge >= 0.3 is 0 Å². The molecule has 0 radical (unpaired) electrons. The predicted octanol–water partition coefficient (Wildman–Crippen LogP) is 1.65. The third kappa shape index (κ3) is 4.30. The van der Waals surface area contributed by atoms with Crippen molar-refractivity contribution in [2.75, 3.05) is 18.0 Å². The van der Waals surface area contributed by atoms with Crippen LogP contribution >= 0.6 is 0 Å². The Balaban J connectivity index is 2.50. The first kappa shape index (κ1) is 18.8. The molecule has 0 spiro atoms. The van der Waals surface area contributed by atoms with E-state index in [1.165, 1.54) is 13.2 Å². The van der Waals surface area contributed by atoms with Gasteiger partial charge in [-0.25, -0.2) is 8.42 Å². The summed E-state index contributed by atoms with van der Waals surface area (Å²) in [6, 6.07) is 11.4. The van der Waals surface area contributed by atoms with Gasteiger partial charge in [0.1, 0.15) is 5.75 Å². The molecule has 0 atom stereocenters. The molecule has 0 bridgehead atoms. The molecule has 2 aromatic rings. The number of aliphatic carboxylic acids is 1. The smallest absolute Gasteiger partial charge is 0.264 e. The van der Waals surface area contributed by atoms with E-state index in [9.17, 15) is 18.3 Å². The number of ether oxygens (including phenoxy) is 1. The molecule has 0 amide bonds. The topological polar surface area (TPSA) is 86.7 Å². The molecule has 0 saturated heterocycles. The summed E-state index contributed by atoms with van der Waals surface area (Å²) in [4.78, 5) is 11.0. The largest absolute Gasteiger partial charge is 0.550 e. The standard InChI is InChI=1S/C18H21NO5S/c1-13-4-9-17(14(2)12-13)25(22,23)19(11-10-18(20)21)15-5-7-16(24-3)8-6-15/h4-9,12H,10-11H2,1-3H3,(H,20,21)/p-1. The Labute approximate surface area is 147 Å². The van der Waals surface area contributed by atoms with Gasteiger partial charge in [0.05, 0.1) is 17.7 Å². The molecule has 0 aliphatic carbocycles. The van der Waals surface area contributed by atoms with Crippen molar-refractivity contribution < 1.29 is 23.1 Å². The fourth-order valence-electron chi connectivity index (χ4n) is 2.54. The number of hydrogen-bond donors (Lipinski definition) is 0. The van der Waals surface area contributed by atoms with Crippen LogP contribution in [0, 0.1) is 13.8 Å². The Morgan fingerprint density at radius 1 is 1.12 bits per heavy atom. The van der Waals surface area contributed by atoms with Crippen LogP contribution in [0.1, 0.15) is 17.5 Å². The fraction of sp³-hybridized carbons (Fsp3) is 0.278. The molecular formula is C18H20NO5S-. The number of methoxy groups -OCH3 is 1. The monoisotopic (exact) mass is 362 g/mol. The zero-order valence-electron chi connectivity index (χ0n) is 14.4. The molecule has 0 fully saturated rings. The van der Waals surface area contributed by atoms with Crippen LogP contribution < -0.4 is 14.1 Å². The molecule has 6 nitrogen and oxygen atoms in total. The summed E-state index contributed by atoms with van der Waals surface area (Å²) in [6.07, 6.45) is -0.407. The van der Waals surface area contributed by atoms with Gasteiger partial charge < -0.3 is 14.6 Å². The van der Waals surface area contributed by atoms with E-state index in [4.69, 9.17) is 4.74 Å². The maximum Gasteiger partial charge on any atom is 0.264 e. The second-order valence-electron chi connectivity index (χ2n) is 5.67. The average molecular weight is 362 g/mol. The van der Waals surface area contributed by atoms with E-state index in [1.807, 2.05) is 6.92 Å². The van der Waals surface area contributed by atoms with Gasteiger partial charge in [0.15, 0.2) is 0 Å². The third-order valence-corrected chi connectivity index (χ3v) is 5.77. The van der Waals surface area contributed by atoms with E-state index < -0.39 is 22.4 Å². The van der Waals surface area contributed by atoms with Gasteiger partial charge in [-0.1, -0.05) is 17.7 Å². The summed E-state index contributed by atoms with van der Waals surface area (Å²) < 4.78 is 32.4. The number of benzene rings is 2. The van der Waals surface area contributed by atoms with Crippen molar-refractivity contribution in [2.45, 2.75) is 25.2 Å². The number of anilines is 1. The Bertz CT molecular complexity index is 860. The van der Waals surface area contributed by atoms with Crippen LogP contribution in [0.5, 0.6) is 5.75 Å². The molecule has 0 N–H and O–H groups in total. The van der Waals surface area contributed by atoms with E-state index in [2.05, 4.69) is 0 Å². The number of rotatable bonds is 7. The van der Waals surface area contributed by atoms with Crippen LogP contribution in [0.2, 0.25) is 0 Å². The van der Waals surface area contributed by atoms with E-state index in [-0.39, 0.29) is 11.4 Å². The van der Waals surface area contributed by atoms with Crippen LogP contribution in [0.25, 0.3) is 0 Å². The number of carbonyl (C=O) groups is 1. The Kier molecular flexibility index (Phi) is 5.69. The second kappa shape index (κ2) is 7.57. The first-order valence-electron chi connectivity index (χ1n) is 7.69. The van der Waals surface area contributed by atoms with Gasteiger partial charge in [0.25, 0.3) is 10.0 Å². The van der Waals surface area contributed by atoms with E-state index in [1.54, 1.807) is 43.3 Å². The lowest BCUT2D eigenvalue weighted by Crippen LogP contribution is -2.36. The van der Waals surface area contributed by atoms with Crippen molar-refractivity contribution in [3.05, 3.63) is 53.6 Å². The van der Waals surface area contributed by atoms with E-state index >= 15 is 0 Å². The highest BCUT2D eigenvalue weighted by Crippen LogP contribution is 2.28. The molecule has 25 heavy (non-hydrogen) atoms. The minimum Gasteiger partial charge on any atom is -0.550 e. The van der Waals surface area contributed by atoms with Crippen LogP contribution in [0.15, 0.2) is 47.4 Å². The first-order valence-corrected chi connectivity index (χ1v) is 9.13. The first-order chi connectivity index (χ1) is 11.8. The summed E-state index contributed by atoms with van der Waals surface area (Å²) in [5.41, 5.74) is 1.91. The molecule has 2 rings (SSSR count). The summed E-state index contributed by atoms with van der Waals surface area (Å²) >= 11 is 0. The molecule has 0 aliphatic rings. The molecule has 0 aliphatic heterocycles. The average Bonchev–Trinajstić information content (AvgIpc) is 2.54. The quantitative estimate of drug-likeness (QED) is 0.747. The lowest BCUT2D eigenvalue weighted by Gasteiger charge is -2.26. The number of sulfonamides is 1. The summed E-state index contributed by atoms with van der Waals surface area (Å²) in [7, 11) is -2.41. The number of carbonyl (C=O) groups excluding carboxylic acids is 1. The van der Waals surface area contributed by atoms with Crippen molar-refractivity contribution in [3.63, 3.8) is 0 Å². The lowest BCUT2D eigenvalue weighted by atomic mass is 10.2. The number of carboxylic acids is 1. The third-order valence-electron chi connectivity index (χ3n) is 3.78. The highest BCUT2D eigenvalue weighted by Gasteiger charge is 2.26. The molecule has 134 valence electrons. The van der Waals surface area contributed by atoms with Crippen molar-refractivity contribution in [1.82, 2.24) is 0 Å². The zero-order chi connectivity index (χ0) is 18.6. The van der Waals surface area contributed by atoms with Crippen LogP contribution in [-0.2, 0) is 14.8 Å². The maximum atomic E-state index is 13.1. The predicted molar refractivity (Wildman–Crippen MR) is 93.1 cm³/mol. The van der Waals surface area contributed by atoms with Gasteiger partial charge in [0.2, 0.25) is 0 Å². The van der Waals surface area contributed by atoms with Gasteiger partial charge in [-0.2, -0.15) is 0 Å². The zero-order valence-corrected chi connectivity index (χ0v) is 15.2. The number of aryl methyl sites for hydroxylation is 2. The van der Waals surface area contributed by atoms with Crippen LogP contribution in [0.3, 0.4) is 0 Å². The maximum absolute atomic E-state index is 13.1. The Morgan fingerprint density at radius 2 is 1.76 bits per heavy atom. The van der Waals surface area contributed by atoms with Crippen LogP contribution in [0.4, 0.5) is 5.69 Å². The molecule has 0 saturated carbocycles. The highest BCUT2D eigenvalue weighted by molar-refractivity contribution is 7.92. The van der Waals surface area contributed by atoms with Crippen molar-refractivity contribution in [3.8, 4) is 5.75 Å². The minimum absolute atomic E-state index is 0.146. The highest BCUT2D eigenvalue weighted by atomic mass is 32.2. The van der Waals surface area contributed by atoms with Gasteiger partial charge in [-0.05, 0) is 49.7 Å². The van der Waals surface area contributed by atoms with Gasteiger partial charge in [0, 0.05) is 18.9 Å². The second-order valence-corrected chi connectivity index (χ2v) is 7.50. The molecule has 0 aromatic heterocycles. The van der Waals surface area contributed by atoms with E-state index in [0.29, 0.717) is 17.0 Å². The minimum atomic E-state index is -3.92. The van der Waals surface area contributed by atoms with Crippen molar-refractivity contribution in [2.24, 2.45) is 0 Å².